The molecule has 0 aliphatic heterocycles. The van der Waals surface area contributed by atoms with Gasteiger partial charge in [0.1, 0.15) is 23.8 Å². The molecular weight excluding hydrogens is 468 g/mol. The number of hydrogen-bond donors (Lipinski definition) is 1. The van der Waals surface area contributed by atoms with Crippen molar-refractivity contribution in [3.05, 3.63) is 87.6 Å². The van der Waals surface area contributed by atoms with Crippen LogP contribution in [0.1, 0.15) is 16.8 Å². The number of methoxy groups -OCH3 is 1. The Bertz CT molecular complexity index is 1460. The number of carbonyl (C=O) groups excluding carboxylic acids is 1. The Morgan fingerprint density at radius 3 is 2.46 bits per heavy atom. The second-order valence-electron chi connectivity index (χ2n) is 7.78. The summed E-state index contributed by atoms with van der Waals surface area (Å²) in [6.45, 7) is 0.916. The van der Waals surface area contributed by atoms with E-state index in [0.717, 1.165) is 20.9 Å². The second-order valence-corrected chi connectivity index (χ2v) is 7.78. The van der Waals surface area contributed by atoms with Crippen molar-refractivity contribution < 1.29 is 27.1 Å². The Hall–Kier alpha value is -4.15. The molecule has 0 spiro atoms. The monoisotopic (exact) mass is 488 g/mol. The molecule has 0 radical (unpaired) electrons. The van der Waals surface area contributed by atoms with Gasteiger partial charge in [-0.3, -0.25) is 14.2 Å². The van der Waals surface area contributed by atoms with Crippen molar-refractivity contribution in [2.75, 3.05) is 7.11 Å². The molecule has 2 aromatic carbocycles. The maximum Gasteiger partial charge on any atom is 0.417 e. The van der Waals surface area contributed by atoms with E-state index in [1.54, 1.807) is 24.3 Å². The number of aromatic nitrogens is 3. The van der Waals surface area contributed by atoms with Gasteiger partial charge in [-0.1, -0.05) is 18.2 Å². The molecule has 0 atom stereocenters. The number of ether oxygens (including phenoxy) is 1. The third kappa shape index (κ3) is 4.88. The van der Waals surface area contributed by atoms with Crippen LogP contribution in [0.4, 0.5) is 17.6 Å². The Kier molecular flexibility index (Phi) is 6.33. The molecule has 0 aliphatic rings. The standard InChI is InChI=1S/C24H20F4N4O3/c1-14-22-19(24(26,27)28)11-21(34)31(23(22)32(30-14)17-5-3-4-16(25)10-17)13-20(33)29-12-15-6-8-18(35-2)9-7-15/h3-11H,12-13H2,1-2H3,(H,29,33). The van der Waals surface area contributed by atoms with Gasteiger partial charge in [0, 0.05) is 12.6 Å². The van der Waals surface area contributed by atoms with Gasteiger partial charge < -0.3 is 10.1 Å². The first-order valence-corrected chi connectivity index (χ1v) is 10.4. The molecular formula is C24H20F4N4O3. The number of halogens is 4. The average Bonchev–Trinajstić information content (AvgIpc) is 3.16. The number of alkyl halides is 3. The summed E-state index contributed by atoms with van der Waals surface area (Å²) in [7, 11) is 1.52. The van der Waals surface area contributed by atoms with E-state index in [-0.39, 0.29) is 29.0 Å². The lowest BCUT2D eigenvalue weighted by molar-refractivity contribution is -0.136. The highest BCUT2D eigenvalue weighted by Gasteiger charge is 2.36. The minimum Gasteiger partial charge on any atom is -0.497 e. The zero-order chi connectivity index (χ0) is 25.3. The Morgan fingerprint density at radius 1 is 1.11 bits per heavy atom. The lowest BCUT2D eigenvalue weighted by Crippen LogP contribution is -2.33. The highest BCUT2D eigenvalue weighted by molar-refractivity contribution is 5.86. The lowest BCUT2D eigenvalue weighted by Gasteiger charge is -2.15. The van der Waals surface area contributed by atoms with Gasteiger partial charge in [-0.05, 0) is 42.8 Å². The Morgan fingerprint density at radius 2 is 1.83 bits per heavy atom. The topological polar surface area (TPSA) is 78.2 Å². The van der Waals surface area contributed by atoms with Crippen molar-refractivity contribution >= 4 is 16.9 Å². The molecule has 0 aliphatic carbocycles. The van der Waals surface area contributed by atoms with E-state index in [9.17, 15) is 27.2 Å². The van der Waals surface area contributed by atoms with Crippen LogP contribution in [0.25, 0.3) is 16.7 Å². The fraction of sp³-hybridized carbons (Fsp3) is 0.208. The molecule has 182 valence electrons. The third-order valence-corrected chi connectivity index (χ3v) is 5.40. The molecule has 0 unspecified atom stereocenters. The molecule has 4 aromatic rings. The average molecular weight is 488 g/mol. The summed E-state index contributed by atoms with van der Waals surface area (Å²) in [5.41, 5.74) is -1.63. The number of benzene rings is 2. The first-order chi connectivity index (χ1) is 16.6. The van der Waals surface area contributed by atoms with E-state index in [4.69, 9.17) is 4.74 Å². The van der Waals surface area contributed by atoms with Crippen LogP contribution < -0.4 is 15.6 Å². The smallest absolute Gasteiger partial charge is 0.417 e. The van der Waals surface area contributed by atoms with Crippen molar-refractivity contribution in [2.24, 2.45) is 0 Å². The highest BCUT2D eigenvalue weighted by Crippen LogP contribution is 2.36. The molecule has 0 saturated heterocycles. The molecule has 2 aromatic heterocycles. The van der Waals surface area contributed by atoms with Crippen LogP contribution >= 0.6 is 0 Å². The zero-order valence-corrected chi connectivity index (χ0v) is 18.7. The zero-order valence-electron chi connectivity index (χ0n) is 18.7. The van der Waals surface area contributed by atoms with Crippen LogP contribution in [0.2, 0.25) is 0 Å². The summed E-state index contributed by atoms with van der Waals surface area (Å²) in [6.07, 6.45) is -4.84. The summed E-state index contributed by atoms with van der Waals surface area (Å²) in [5.74, 6) is -0.602. The van der Waals surface area contributed by atoms with Gasteiger partial charge in [-0.2, -0.15) is 18.3 Å². The van der Waals surface area contributed by atoms with Gasteiger partial charge in [-0.15, -0.1) is 0 Å². The molecule has 4 rings (SSSR count). The van der Waals surface area contributed by atoms with Crippen molar-refractivity contribution in [2.45, 2.75) is 26.2 Å². The Balaban J connectivity index is 1.77. The minimum absolute atomic E-state index is 0.0241. The maximum absolute atomic E-state index is 13.9. The predicted octanol–water partition coefficient (Wildman–Crippen LogP) is 3.98. The van der Waals surface area contributed by atoms with Crippen LogP contribution in [0, 0.1) is 12.7 Å². The largest absolute Gasteiger partial charge is 0.497 e. The molecule has 0 bridgehead atoms. The van der Waals surface area contributed by atoms with Crippen LogP contribution in [-0.2, 0) is 24.1 Å². The SMILES string of the molecule is COc1ccc(CNC(=O)Cn2c(=O)cc(C(F)(F)F)c3c(C)nn(-c4cccc(F)c4)c32)cc1. The molecule has 35 heavy (non-hydrogen) atoms. The first-order valence-electron chi connectivity index (χ1n) is 10.4. The Labute approximate surface area is 196 Å². The quantitative estimate of drug-likeness (QED) is 0.417. The number of rotatable bonds is 6. The molecule has 0 fully saturated rings. The number of fused-ring (bicyclic) bond motifs is 1. The lowest BCUT2D eigenvalue weighted by atomic mass is 10.1. The van der Waals surface area contributed by atoms with Gasteiger partial charge >= 0.3 is 6.18 Å². The summed E-state index contributed by atoms with van der Waals surface area (Å²) in [6, 6.07) is 12.4. The normalized spacial score (nSPS) is 11.6. The molecule has 11 heteroatoms. The van der Waals surface area contributed by atoms with Gasteiger partial charge in [0.15, 0.2) is 0 Å². The van der Waals surface area contributed by atoms with Crippen molar-refractivity contribution in [3.63, 3.8) is 0 Å². The fourth-order valence-electron chi connectivity index (χ4n) is 3.77. The van der Waals surface area contributed by atoms with Crippen LogP contribution in [0.5, 0.6) is 5.75 Å². The molecule has 2 heterocycles. The van der Waals surface area contributed by atoms with Gasteiger partial charge in [0.2, 0.25) is 5.91 Å². The summed E-state index contributed by atoms with van der Waals surface area (Å²) in [4.78, 5) is 25.5. The number of carbonyl (C=O) groups is 1. The summed E-state index contributed by atoms with van der Waals surface area (Å²) in [5, 5.41) is 6.44. The first kappa shape index (κ1) is 24.0. The number of amides is 1. The van der Waals surface area contributed by atoms with Gasteiger partial charge in [0.05, 0.1) is 29.4 Å². The second kappa shape index (κ2) is 9.24. The molecule has 7 nitrogen and oxygen atoms in total. The number of hydrogen-bond acceptors (Lipinski definition) is 4. The van der Waals surface area contributed by atoms with E-state index in [0.29, 0.717) is 11.8 Å². The minimum atomic E-state index is -4.84. The van der Waals surface area contributed by atoms with E-state index < -0.39 is 35.6 Å². The van der Waals surface area contributed by atoms with Gasteiger partial charge in [0.25, 0.3) is 5.56 Å². The van der Waals surface area contributed by atoms with E-state index in [1.165, 1.54) is 32.2 Å². The number of nitrogens with one attached hydrogen (secondary N) is 1. The van der Waals surface area contributed by atoms with Crippen molar-refractivity contribution in [1.82, 2.24) is 19.7 Å². The van der Waals surface area contributed by atoms with Gasteiger partial charge in [-0.25, -0.2) is 9.07 Å². The van der Waals surface area contributed by atoms with E-state index in [1.807, 2.05) is 0 Å². The molecule has 1 N–H and O–H groups in total. The number of pyridine rings is 1. The van der Waals surface area contributed by atoms with Crippen LogP contribution in [0.3, 0.4) is 0 Å². The maximum atomic E-state index is 13.9. The van der Waals surface area contributed by atoms with Crippen molar-refractivity contribution in [3.8, 4) is 11.4 Å². The van der Waals surface area contributed by atoms with E-state index in [2.05, 4.69) is 10.4 Å². The summed E-state index contributed by atoms with van der Waals surface area (Å²) < 4.78 is 62.2. The van der Waals surface area contributed by atoms with Crippen LogP contribution in [-0.4, -0.2) is 27.4 Å². The fourth-order valence-corrected chi connectivity index (χ4v) is 3.77. The van der Waals surface area contributed by atoms with Crippen molar-refractivity contribution in [1.29, 1.82) is 0 Å². The predicted molar refractivity (Wildman–Crippen MR) is 120 cm³/mol. The third-order valence-electron chi connectivity index (χ3n) is 5.40. The number of nitrogens with zero attached hydrogens (tertiary/aromatic N) is 3. The molecule has 0 saturated carbocycles. The number of aryl methyl sites for hydroxylation is 1. The highest BCUT2D eigenvalue weighted by atomic mass is 19.4. The van der Waals surface area contributed by atoms with E-state index >= 15 is 0 Å². The molecule has 1 amide bonds. The van der Waals surface area contributed by atoms with Crippen LogP contribution in [0.15, 0.2) is 59.4 Å². The summed E-state index contributed by atoms with van der Waals surface area (Å²) >= 11 is 0.